The van der Waals surface area contributed by atoms with Crippen molar-refractivity contribution < 1.29 is 14.7 Å². The molecule has 2 aromatic rings. The highest BCUT2D eigenvalue weighted by atomic mass is 16.4. The highest BCUT2D eigenvalue weighted by Gasteiger charge is 2.29. The zero-order valence-corrected chi connectivity index (χ0v) is 13.4. The van der Waals surface area contributed by atoms with E-state index < -0.39 is 5.97 Å². The first kappa shape index (κ1) is 16.7. The smallest absolute Gasteiger partial charge is 0.354 e. The predicted octanol–water partition coefficient (Wildman–Crippen LogP) is 2.88. The number of aromatic nitrogens is 1. The van der Waals surface area contributed by atoms with Crippen LogP contribution in [-0.2, 0) is 5.41 Å². The molecule has 0 radical (unpaired) electrons. The van der Waals surface area contributed by atoms with E-state index in [1.165, 1.54) is 18.3 Å². The van der Waals surface area contributed by atoms with Crippen molar-refractivity contribution in [2.75, 3.05) is 0 Å². The molecule has 5 nitrogen and oxygen atoms in total. The van der Waals surface area contributed by atoms with Crippen molar-refractivity contribution in [3.8, 4) is 0 Å². The van der Waals surface area contributed by atoms with Crippen LogP contribution >= 0.6 is 0 Å². The first-order valence-corrected chi connectivity index (χ1v) is 7.38. The first-order valence-electron chi connectivity index (χ1n) is 7.38. The highest BCUT2D eigenvalue weighted by Crippen LogP contribution is 2.26. The van der Waals surface area contributed by atoms with Crippen LogP contribution < -0.4 is 5.32 Å². The normalized spacial score (nSPS) is 12.5. The molecule has 2 N–H and O–H groups in total. The van der Waals surface area contributed by atoms with Gasteiger partial charge in [-0.2, -0.15) is 0 Å². The fourth-order valence-corrected chi connectivity index (χ4v) is 2.23. The number of carboxylic acid groups (broad SMARTS) is 1. The van der Waals surface area contributed by atoms with E-state index in [-0.39, 0.29) is 23.1 Å². The molecule has 1 heterocycles. The van der Waals surface area contributed by atoms with Crippen LogP contribution in [0.4, 0.5) is 0 Å². The second-order valence-electron chi connectivity index (χ2n) is 6.02. The summed E-state index contributed by atoms with van der Waals surface area (Å²) in [6.45, 7) is 6.09. The molecule has 1 amide bonds. The molecule has 0 spiro atoms. The molecular formula is C18H20N2O3. The van der Waals surface area contributed by atoms with Gasteiger partial charge in [0.05, 0.1) is 5.56 Å². The standard InChI is InChI=1S/C18H20N2O3/c1-12(18(2,3)14-7-5-4-6-8-14)20-16(21)13-9-10-15(17(22)23)19-11-13/h4-12H,1-3H3,(H,20,21)(H,22,23). The summed E-state index contributed by atoms with van der Waals surface area (Å²) >= 11 is 0. The number of benzene rings is 1. The van der Waals surface area contributed by atoms with Crippen LogP contribution in [0.25, 0.3) is 0 Å². The number of carbonyl (C=O) groups excluding carboxylic acids is 1. The summed E-state index contributed by atoms with van der Waals surface area (Å²) in [6, 6.07) is 12.6. The average Bonchev–Trinajstić information content (AvgIpc) is 2.55. The number of aromatic carboxylic acids is 1. The molecule has 0 aliphatic carbocycles. The first-order chi connectivity index (χ1) is 10.8. The summed E-state index contributed by atoms with van der Waals surface area (Å²) in [7, 11) is 0. The van der Waals surface area contributed by atoms with Crippen LogP contribution in [0.2, 0.25) is 0 Å². The fraction of sp³-hybridized carbons (Fsp3) is 0.278. The Morgan fingerprint density at radius 2 is 1.78 bits per heavy atom. The number of nitrogens with one attached hydrogen (secondary N) is 1. The third-order valence-corrected chi connectivity index (χ3v) is 4.19. The van der Waals surface area contributed by atoms with Gasteiger partial charge in [0.25, 0.3) is 5.91 Å². The van der Waals surface area contributed by atoms with Crippen molar-refractivity contribution in [2.24, 2.45) is 0 Å². The molecule has 1 aromatic carbocycles. The van der Waals surface area contributed by atoms with Gasteiger partial charge in [0.15, 0.2) is 0 Å². The van der Waals surface area contributed by atoms with Crippen molar-refractivity contribution in [2.45, 2.75) is 32.2 Å². The van der Waals surface area contributed by atoms with E-state index in [1.54, 1.807) is 0 Å². The van der Waals surface area contributed by atoms with Gasteiger partial charge in [-0.15, -0.1) is 0 Å². The molecule has 120 valence electrons. The molecule has 0 fully saturated rings. The maximum Gasteiger partial charge on any atom is 0.354 e. The number of hydrogen-bond acceptors (Lipinski definition) is 3. The topological polar surface area (TPSA) is 79.3 Å². The van der Waals surface area contributed by atoms with Crippen LogP contribution in [0.15, 0.2) is 48.7 Å². The van der Waals surface area contributed by atoms with Gasteiger partial charge in [0, 0.05) is 17.7 Å². The number of carboxylic acids is 1. The molecule has 0 aliphatic heterocycles. The Bertz CT molecular complexity index is 694. The van der Waals surface area contributed by atoms with Gasteiger partial charge in [-0.1, -0.05) is 44.2 Å². The summed E-state index contributed by atoms with van der Waals surface area (Å²) < 4.78 is 0. The number of hydrogen-bond donors (Lipinski definition) is 2. The van der Waals surface area contributed by atoms with E-state index in [2.05, 4.69) is 24.1 Å². The Balaban J connectivity index is 2.11. The molecule has 0 saturated heterocycles. The SMILES string of the molecule is CC(NC(=O)c1ccc(C(=O)O)nc1)C(C)(C)c1ccccc1. The Morgan fingerprint density at radius 1 is 1.13 bits per heavy atom. The number of amides is 1. The molecule has 2 rings (SSSR count). The zero-order valence-electron chi connectivity index (χ0n) is 13.4. The van der Waals surface area contributed by atoms with Crippen molar-refractivity contribution in [1.29, 1.82) is 0 Å². The molecule has 1 atom stereocenters. The lowest BCUT2D eigenvalue weighted by atomic mass is 9.78. The molecular weight excluding hydrogens is 292 g/mol. The number of pyridine rings is 1. The van der Waals surface area contributed by atoms with Gasteiger partial charge in [0.2, 0.25) is 0 Å². The average molecular weight is 312 g/mol. The van der Waals surface area contributed by atoms with E-state index in [9.17, 15) is 9.59 Å². The molecule has 23 heavy (non-hydrogen) atoms. The Labute approximate surface area is 135 Å². The third kappa shape index (κ3) is 3.74. The van der Waals surface area contributed by atoms with Crippen LogP contribution in [0, 0.1) is 0 Å². The fourth-order valence-electron chi connectivity index (χ4n) is 2.23. The van der Waals surface area contributed by atoms with Crippen molar-refractivity contribution in [3.63, 3.8) is 0 Å². The van der Waals surface area contributed by atoms with E-state index in [0.29, 0.717) is 5.56 Å². The van der Waals surface area contributed by atoms with Crippen molar-refractivity contribution in [3.05, 3.63) is 65.5 Å². The predicted molar refractivity (Wildman–Crippen MR) is 87.6 cm³/mol. The Kier molecular flexibility index (Phi) is 4.79. The minimum absolute atomic E-state index is 0.0841. The summed E-state index contributed by atoms with van der Waals surface area (Å²) in [5, 5.41) is 11.8. The number of rotatable bonds is 5. The molecule has 0 aliphatic rings. The summed E-state index contributed by atoms with van der Waals surface area (Å²) in [5.41, 5.74) is 1.14. The number of nitrogens with zero attached hydrogens (tertiary/aromatic N) is 1. The molecule has 1 unspecified atom stereocenters. The largest absolute Gasteiger partial charge is 0.477 e. The summed E-state index contributed by atoms with van der Waals surface area (Å²) in [4.78, 5) is 26.9. The third-order valence-electron chi connectivity index (χ3n) is 4.19. The van der Waals surface area contributed by atoms with Gasteiger partial charge < -0.3 is 10.4 Å². The van der Waals surface area contributed by atoms with Crippen LogP contribution in [0.1, 0.15) is 47.2 Å². The van der Waals surface area contributed by atoms with Crippen LogP contribution in [0.5, 0.6) is 0 Å². The second-order valence-corrected chi connectivity index (χ2v) is 6.02. The highest BCUT2D eigenvalue weighted by molar-refractivity contribution is 5.95. The molecule has 5 heteroatoms. The molecule has 0 saturated carbocycles. The maximum atomic E-state index is 12.3. The van der Waals surface area contributed by atoms with Crippen molar-refractivity contribution >= 4 is 11.9 Å². The quantitative estimate of drug-likeness (QED) is 0.889. The van der Waals surface area contributed by atoms with E-state index in [0.717, 1.165) is 5.56 Å². The van der Waals surface area contributed by atoms with Crippen molar-refractivity contribution in [1.82, 2.24) is 10.3 Å². The van der Waals surface area contributed by atoms with Gasteiger partial charge in [-0.05, 0) is 24.6 Å². The lowest BCUT2D eigenvalue weighted by Crippen LogP contribution is -2.45. The lowest BCUT2D eigenvalue weighted by molar-refractivity contribution is 0.0689. The van der Waals surface area contributed by atoms with E-state index in [1.807, 2.05) is 37.3 Å². The minimum atomic E-state index is -1.12. The monoisotopic (exact) mass is 312 g/mol. The zero-order chi connectivity index (χ0) is 17.0. The van der Waals surface area contributed by atoms with Crippen LogP contribution in [0.3, 0.4) is 0 Å². The van der Waals surface area contributed by atoms with Gasteiger partial charge in [0.1, 0.15) is 5.69 Å². The second kappa shape index (κ2) is 6.60. The minimum Gasteiger partial charge on any atom is -0.477 e. The van der Waals surface area contributed by atoms with Gasteiger partial charge in [-0.25, -0.2) is 9.78 Å². The summed E-state index contributed by atoms with van der Waals surface area (Å²) in [5.74, 6) is -1.39. The van der Waals surface area contributed by atoms with Gasteiger partial charge in [-0.3, -0.25) is 4.79 Å². The maximum absolute atomic E-state index is 12.3. The Hall–Kier alpha value is -2.69. The van der Waals surface area contributed by atoms with E-state index in [4.69, 9.17) is 5.11 Å². The van der Waals surface area contributed by atoms with Crippen LogP contribution in [-0.4, -0.2) is 28.0 Å². The molecule has 1 aromatic heterocycles. The number of carbonyl (C=O) groups is 2. The van der Waals surface area contributed by atoms with Gasteiger partial charge >= 0.3 is 5.97 Å². The Morgan fingerprint density at radius 3 is 2.30 bits per heavy atom. The lowest BCUT2D eigenvalue weighted by Gasteiger charge is -2.33. The molecule has 0 bridgehead atoms. The summed E-state index contributed by atoms with van der Waals surface area (Å²) in [6.07, 6.45) is 1.28. The van der Waals surface area contributed by atoms with E-state index >= 15 is 0 Å².